The average molecular weight is 399 g/mol. The van der Waals surface area contributed by atoms with Crippen molar-refractivity contribution in [2.45, 2.75) is 20.0 Å². The normalized spacial score (nSPS) is 10.9. The molecule has 130 valence electrons. The van der Waals surface area contributed by atoms with Gasteiger partial charge in [-0.05, 0) is 18.6 Å². The number of amides is 1. The van der Waals surface area contributed by atoms with Gasteiger partial charge in [0.2, 0.25) is 5.91 Å². The second-order valence-electron chi connectivity index (χ2n) is 5.42. The van der Waals surface area contributed by atoms with Crippen LogP contribution in [0.15, 0.2) is 36.7 Å². The summed E-state index contributed by atoms with van der Waals surface area (Å²) in [5.41, 5.74) is 1.57. The molecule has 25 heavy (non-hydrogen) atoms. The van der Waals surface area contributed by atoms with Crippen LogP contribution < -0.4 is 5.32 Å². The van der Waals surface area contributed by atoms with Gasteiger partial charge in [-0.2, -0.15) is 10.2 Å². The topological polar surface area (TPSA) is 64.7 Å². The number of hydrogen-bond acceptors (Lipinski definition) is 3. The minimum Gasteiger partial charge on any atom is -0.306 e. The first-order valence-corrected chi connectivity index (χ1v) is 8.51. The molecule has 0 radical (unpaired) electrons. The molecule has 0 fully saturated rings. The smallest absolute Gasteiger partial charge is 0.247 e. The van der Waals surface area contributed by atoms with Crippen LogP contribution in [0.1, 0.15) is 11.3 Å². The van der Waals surface area contributed by atoms with E-state index in [-0.39, 0.29) is 18.3 Å². The minimum absolute atomic E-state index is 0.0151. The highest BCUT2D eigenvalue weighted by atomic mass is 35.5. The lowest BCUT2D eigenvalue weighted by molar-refractivity contribution is -0.116. The SMILES string of the molecule is Cc1nn(CC(=O)Nc2nn(Cc3ccccc3Cl)cc2Cl)cc1Cl. The highest BCUT2D eigenvalue weighted by Crippen LogP contribution is 2.22. The minimum atomic E-state index is -0.302. The van der Waals surface area contributed by atoms with Crippen LogP contribution in [0.25, 0.3) is 0 Å². The molecular weight excluding hydrogens is 385 g/mol. The van der Waals surface area contributed by atoms with Crippen LogP contribution in [0.5, 0.6) is 0 Å². The number of aromatic nitrogens is 4. The standard InChI is InChI=1S/C16H14Cl3N5O/c1-10-13(18)7-24(21-10)9-15(25)20-16-14(19)8-23(22-16)6-11-4-2-3-5-12(11)17/h2-5,7-8H,6,9H2,1H3,(H,20,22,25). The van der Waals surface area contributed by atoms with E-state index in [2.05, 4.69) is 15.5 Å². The number of carbonyl (C=O) groups excluding carboxylic acids is 1. The quantitative estimate of drug-likeness (QED) is 0.705. The molecule has 0 aliphatic carbocycles. The average Bonchev–Trinajstić information content (AvgIpc) is 3.04. The molecule has 1 N–H and O–H groups in total. The Morgan fingerprint density at radius 1 is 1.04 bits per heavy atom. The molecule has 1 aromatic carbocycles. The van der Waals surface area contributed by atoms with Gasteiger partial charge in [-0.15, -0.1) is 0 Å². The van der Waals surface area contributed by atoms with E-state index in [4.69, 9.17) is 34.8 Å². The Bertz CT molecular complexity index is 899. The summed E-state index contributed by atoms with van der Waals surface area (Å²) < 4.78 is 3.08. The molecule has 0 saturated heterocycles. The van der Waals surface area contributed by atoms with Crippen molar-refractivity contribution in [3.05, 3.63) is 63.0 Å². The molecular formula is C16H14Cl3N5O. The van der Waals surface area contributed by atoms with E-state index in [0.29, 0.717) is 27.3 Å². The summed E-state index contributed by atoms with van der Waals surface area (Å²) in [6.45, 7) is 2.23. The largest absolute Gasteiger partial charge is 0.306 e. The van der Waals surface area contributed by atoms with E-state index in [9.17, 15) is 4.79 Å². The molecule has 0 atom stereocenters. The van der Waals surface area contributed by atoms with Crippen molar-refractivity contribution in [1.82, 2.24) is 19.6 Å². The van der Waals surface area contributed by atoms with Crippen LogP contribution in [-0.4, -0.2) is 25.5 Å². The Kier molecular flexibility index (Phi) is 5.32. The monoisotopic (exact) mass is 397 g/mol. The number of hydrogen-bond donors (Lipinski definition) is 1. The number of benzene rings is 1. The fourth-order valence-corrected chi connectivity index (χ4v) is 2.80. The Balaban J connectivity index is 1.68. The number of carbonyl (C=O) groups is 1. The van der Waals surface area contributed by atoms with Gasteiger partial charge in [0.1, 0.15) is 11.6 Å². The number of aryl methyl sites for hydroxylation is 1. The van der Waals surface area contributed by atoms with Crippen LogP contribution >= 0.6 is 34.8 Å². The van der Waals surface area contributed by atoms with Gasteiger partial charge in [0.15, 0.2) is 5.82 Å². The predicted octanol–water partition coefficient (Wildman–Crippen LogP) is 4.04. The third-order valence-electron chi connectivity index (χ3n) is 3.46. The Hall–Kier alpha value is -2.02. The zero-order valence-corrected chi connectivity index (χ0v) is 15.5. The maximum Gasteiger partial charge on any atom is 0.247 e. The molecule has 0 unspecified atom stereocenters. The molecule has 9 heteroatoms. The molecule has 2 heterocycles. The summed E-state index contributed by atoms with van der Waals surface area (Å²) in [5.74, 6) is -0.0160. The molecule has 2 aromatic heterocycles. The molecule has 3 aromatic rings. The Labute approximate surface area is 159 Å². The molecule has 0 aliphatic heterocycles. The Morgan fingerprint density at radius 2 is 1.76 bits per heavy atom. The van der Waals surface area contributed by atoms with Crippen molar-refractivity contribution >= 4 is 46.5 Å². The van der Waals surface area contributed by atoms with Gasteiger partial charge in [-0.3, -0.25) is 14.2 Å². The van der Waals surface area contributed by atoms with Crippen molar-refractivity contribution < 1.29 is 4.79 Å². The van der Waals surface area contributed by atoms with Crippen molar-refractivity contribution in [3.8, 4) is 0 Å². The van der Waals surface area contributed by atoms with Crippen LogP contribution in [-0.2, 0) is 17.9 Å². The first kappa shape index (κ1) is 17.8. The van der Waals surface area contributed by atoms with Gasteiger partial charge in [0.05, 0.1) is 17.3 Å². The summed E-state index contributed by atoms with van der Waals surface area (Å²) in [6, 6.07) is 7.46. The number of halogens is 3. The number of nitrogens with zero attached hydrogens (tertiary/aromatic N) is 4. The predicted molar refractivity (Wildman–Crippen MR) is 98.4 cm³/mol. The zero-order valence-electron chi connectivity index (χ0n) is 13.2. The number of nitrogens with one attached hydrogen (secondary N) is 1. The number of anilines is 1. The van der Waals surface area contributed by atoms with Gasteiger partial charge in [-0.25, -0.2) is 0 Å². The lowest BCUT2D eigenvalue weighted by atomic mass is 10.2. The fraction of sp³-hybridized carbons (Fsp3) is 0.188. The van der Waals surface area contributed by atoms with E-state index in [1.807, 2.05) is 24.3 Å². The maximum absolute atomic E-state index is 12.1. The van der Waals surface area contributed by atoms with Crippen LogP contribution in [0.3, 0.4) is 0 Å². The lowest BCUT2D eigenvalue weighted by Gasteiger charge is -2.04. The molecule has 1 amide bonds. The van der Waals surface area contributed by atoms with E-state index in [1.54, 1.807) is 24.0 Å². The van der Waals surface area contributed by atoms with E-state index < -0.39 is 0 Å². The van der Waals surface area contributed by atoms with E-state index in [1.165, 1.54) is 4.68 Å². The van der Waals surface area contributed by atoms with Crippen LogP contribution in [0, 0.1) is 6.92 Å². The maximum atomic E-state index is 12.1. The highest BCUT2D eigenvalue weighted by Gasteiger charge is 2.13. The second-order valence-corrected chi connectivity index (χ2v) is 6.64. The first-order valence-electron chi connectivity index (χ1n) is 7.38. The summed E-state index contributed by atoms with van der Waals surface area (Å²) in [5, 5.41) is 12.6. The van der Waals surface area contributed by atoms with Crippen molar-refractivity contribution in [2.75, 3.05) is 5.32 Å². The third kappa shape index (κ3) is 4.34. The van der Waals surface area contributed by atoms with Gasteiger partial charge in [0, 0.05) is 17.4 Å². The zero-order chi connectivity index (χ0) is 18.0. The van der Waals surface area contributed by atoms with Crippen LogP contribution in [0.2, 0.25) is 15.1 Å². The van der Waals surface area contributed by atoms with Crippen molar-refractivity contribution in [2.24, 2.45) is 0 Å². The summed E-state index contributed by atoms with van der Waals surface area (Å²) in [7, 11) is 0. The van der Waals surface area contributed by atoms with Gasteiger partial charge >= 0.3 is 0 Å². The molecule has 3 rings (SSSR count). The van der Waals surface area contributed by atoms with Crippen LogP contribution in [0.4, 0.5) is 5.82 Å². The first-order chi connectivity index (χ1) is 11.9. The highest BCUT2D eigenvalue weighted by molar-refractivity contribution is 6.33. The summed E-state index contributed by atoms with van der Waals surface area (Å²) >= 11 is 18.2. The molecule has 0 bridgehead atoms. The van der Waals surface area contributed by atoms with Gasteiger partial charge in [-0.1, -0.05) is 53.0 Å². The van der Waals surface area contributed by atoms with Gasteiger partial charge in [0.25, 0.3) is 0 Å². The van der Waals surface area contributed by atoms with Crippen molar-refractivity contribution in [3.63, 3.8) is 0 Å². The summed E-state index contributed by atoms with van der Waals surface area (Å²) in [6.07, 6.45) is 3.23. The second kappa shape index (κ2) is 7.47. The molecule has 6 nitrogen and oxygen atoms in total. The lowest BCUT2D eigenvalue weighted by Crippen LogP contribution is -2.19. The molecule has 0 saturated carbocycles. The van der Waals surface area contributed by atoms with Crippen molar-refractivity contribution in [1.29, 1.82) is 0 Å². The molecule has 0 spiro atoms. The third-order valence-corrected chi connectivity index (χ3v) is 4.47. The van der Waals surface area contributed by atoms with Gasteiger partial charge < -0.3 is 5.32 Å². The molecule has 0 aliphatic rings. The Morgan fingerprint density at radius 3 is 2.44 bits per heavy atom. The fourth-order valence-electron chi connectivity index (χ4n) is 2.26. The van der Waals surface area contributed by atoms with E-state index in [0.717, 1.165) is 5.56 Å². The van der Waals surface area contributed by atoms with E-state index >= 15 is 0 Å². The summed E-state index contributed by atoms with van der Waals surface area (Å²) in [4.78, 5) is 12.1. The number of rotatable bonds is 5.